The lowest BCUT2D eigenvalue weighted by Gasteiger charge is -2.28. The number of anilines is 1. The molecule has 2 aromatic carbocycles. The van der Waals surface area contributed by atoms with Crippen molar-refractivity contribution in [3.8, 4) is 11.6 Å². The second-order valence-electron chi connectivity index (χ2n) is 5.69. The van der Waals surface area contributed by atoms with Crippen molar-refractivity contribution >= 4 is 5.95 Å². The molecule has 24 heavy (non-hydrogen) atoms. The predicted molar refractivity (Wildman–Crippen MR) is 89.7 cm³/mol. The van der Waals surface area contributed by atoms with E-state index in [-0.39, 0.29) is 5.82 Å². The van der Waals surface area contributed by atoms with Crippen molar-refractivity contribution in [3.63, 3.8) is 0 Å². The SMILES string of the molecule is Fc1ccc(Oc2ccnc(N3CCc4ccccc4C3)n2)cc1. The van der Waals surface area contributed by atoms with E-state index in [2.05, 4.69) is 39.1 Å². The lowest BCUT2D eigenvalue weighted by atomic mass is 10.0. The lowest BCUT2D eigenvalue weighted by Crippen LogP contribution is -2.31. The van der Waals surface area contributed by atoms with E-state index in [0.29, 0.717) is 17.6 Å². The van der Waals surface area contributed by atoms with Gasteiger partial charge in [0, 0.05) is 25.4 Å². The van der Waals surface area contributed by atoms with Crippen molar-refractivity contribution in [2.24, 2.45) is 0 Å². The van der Waals surface area contributed by atoms with Gasteiger partial charge >= 0.3 is 0 Å². The van der Waals surface area contributed by atoms with Gasteiger partial charge in [0.1, 0.15) is 11.6 Å². The van der Waals surface area contributed by atoms with Crippen LogP contribution in [-0.2, 0) is 13.0 Å². The van der Waals surface area contributed by atoms with Gasteiger partial charge in [0.15, 0.2) is 0 Å². The summed E-state index contributed by atoms with van der Waals surface area (Å²) in [5, 5.41) is 0. The average Bonchev–Trinajstić information content (AvgIpc) is 2.63. The Balaban J connectivity index is 1.54. The molecule has 2 heterocycles. The van der Waals surface area contributed by atoms with E-state index in [0.717, 1.165) is 19.5 Å². The molecule has 0 amide bonds. The Hall–Kier alpha value is -2.95. The molecule has 0 N–H and O–H groups in total. The molecule has 0 fully saturated rings. The highest BCUT2D eigenvalue weighted by molar-refractivity contribution is 5.41. The molecule has 0 radical (unpaired) electrons. The van der Waals surface area contributed by atoms with E-state index in [1.165, 1.54) is 23.3 Å². The molecule has 0 saturated heterocycles. The molecule has 3 aromatic rings. The lowest BCUT2D eigenvalue weighted by molar-refractivity contribution is 0.459. The van der Waals surface area contributed by atoms with Crippen LogP contribution in [-0.4, -0.2) is 16.5 Å². The van der Waals surface area contributed by atoms with E-state index in [4.69, 9.17) is 4.74 Å². The van der Waals surface area contributed by atoms with Crippen LogP contribution in [0.2, 0.25) is 0 Å². The van der Waals surface area contributed by atoms with Gasteiger partial charge in [0.05, 0.1) is 0 Å². The third-order valence-electron chi connectivity index (χ3n) is 4.07. The number of nitrogens with zero attached hydrogens (tertiary/aromatic N) is 3. The van der Waals surface area contributed by atoms with E-state index in [9.17, 15) is 4.39 Å². The smallest absolute Gasteiger partial charge is 0.228 e. The van der Waals surface area contributed by atoms with Crippen LogP contribution in [0.25, 0.3) is 0 Å². The third-order valence-corrected chi connectivity index (χ3v) is 4.07. The number of hydrogen-bond acceptors (Lipinski definition) is 4. The summed E-state index contributed by atoms with van der Waals surface area (Å²) in [6.45, 7) is 1.66. The molecule has 1 aromatic heterocycles. The number of halogens is 1. The minimum absolute atomic E-state index is 0.294. The molecule has 0 saturated carbocycles. The van der Waals surface area contributed by atoms with Gasteiger partial charge in [-0.25, -0.2) is 9.37 Å². The second-order valence-corrected chi connectivity index (χ2v) is 5.69. The first-order valence-electron chi connectivity index (χ1n) is 7.86. The Labute approximate surface area is 139 Å². The molecule has 4 nitrogen and oxygen atoms in total. The summed E-state index contributed by atoms with van der Waals surface area (Å²) in [6.07, 6.45) is 2.66. The molecule has 0 unspecified atom stereocenters. The van der Waals surface area contributed by atoms with Crippen LogP contribution in [0.3, 0.4) is 0 Å². The van der Waals surface area contributed by atoms with Crippen LogP contribution in [0.4, 0.5) is 10.3 Å². The van der Waals surface area contributed by atoms with Gasteiger partial charge in [0.25, 0.3) is 0 Å². The highest BCUT2D eigenvalue weighted by Gasteiger charge is 2.18. The molecule has 0 aliphatic carbocycles. The predicted octanol–water partition coefficient (Wildman–Crippen LogP) is 3.97. The Morgan fingerprint density at radius 2 is 1.75 bits per heavy atom. The van der Waals surface area contributed by atoms with Crippen LogP contribution in [0, 0.1) is 5.82 Å². The number of benzene rings is 2. The molecule has 1 aliphatic rings. The number of rotatable bonds is 3. The van der Waals surface area contributed by atoms with Crippen molar-refractivity contribution in [1.82, 2.24) is 9.97 Å². The molecule has 0 spiro atoms. The molecular weight excluding hydrogens is 305 g/mol. The van der Waals surface area contributed by atoms with Crippen molar-refractivity contribution in [1.29, 1.82) is 0 Å². The summed E-state index contributed by atoms with van der Waals surface area (Å²) in [6, 6.07) is 16.0. The summed E-state index contributed by atoms with van der Waals surface area (Å²) >= 11 is 0. The maximum atomic E-state index is 13.0. The summed E-state index contributed by atoms with van der Waals surface area (Å²) in [5.41, 5.74) is 2.68. The third kappa shape index (κ3) is 3.06. The number of aromatic nitrogens is 2. The zero-order valence-corrected chi connectivity index (χ0v) is 13.0. The largest absolute Gasteiger partial charge is 0.439 e. The second kappa shape index (κ2) is 6.28. The minimum atomic E-state index is -0.294. The highest BCUT2D eigenvalue weighted by atomic mass is 19.1. The van der Waals surface area contributed by atoms with Crippen LogP contribution in [0.5, 0.6) is 11.6 Å². The van der Waals surface area contributed by atoms with Crippen LogP contribution >= 0.6 is 0 Å². The fraction of sp³-hybridized carbons (Fsp3) is 0.158. The Morgan fingerprint density at radius 3 is 2.58 bits per heavy atom. The summed E-state index contributed by atoms with van der Waals surface area (Å²) in [5.74, 6) is 1.34. The fourth-order valence-corrected chi connectivity index (χ4v) is 2.83. The number of hydrogen-bond donors (Lipinski definition) is 0. The number of fused-ring (bicyclic) bond motifs is 1. The van der Waals surface area contributed by atoms with Crippen molar-refractivity contribution in [2.75, 3.05) is 11.4 Å². The molecule has 120 valence electrons. The van der Waals surface area contributed by atoms with Crippen molar-refractivity contribution in [2.45, 2.75) is 13.0 Å². The van der Waals surface area contributed by atoms with Gasteiger partial charge in [0.2, 0.25) is 11.8 Å². The van der Waals surface area contributed by atoms with Crippen LogP contribution in [0.15, 0.2) is 60.8 Å². The van der Waals surface area contributed by atoms with E-state index >= 15 is 0 Å². The van der Waals surface area contributed by atoms with E-state index in [1.54, 1.807) is 24.4 Å². The monoisotopic (exact) mass is 321 g/mol. The first-order valence-corrected chi connectivity index (χ1v) is 7.86. The minimum Gasteiger partial charge on any atom is -0.439 e. The molecular formula is C19H16FN3O. The first-order chi connectivity index (χ1) is 11.8. The average molecular weight is 321 g/mol. The van der Waals surface area contributed by atoms with Gasteiger partial charge in [-0.05, 0) is 41.8 Å². The quantitative estimate of drug-likeness (QED) is 0.731. The summed E-state index contributed by atoms with van der Waals surface area (Å²) in [7, 11) is 0. The molecule has 0 bridgehead atoms. The zero-order chi connectivity index (χ0) is 16.4. The van der Waals surface area contributed by atoms with Gasteiger partial charge in [-0.2, -0.15) is 4.98 Å². The Bertz CT molecular complexity index is 851. The highest BCUT2D eigenvalue weighted by Crippen LogP contribution is 2.24. The summed E-state index contributed by atoms with van der Waals surface area (Å²) in [4.78, 5) is 11.0. The normalized spacial score (nSPS) is 13.5. The van der Waals surface area contributed by atoms with Crippen LogP contribution in [0.1, 0.15) is 11.1 Å². The Morgan fingerprint density at radius 1 is 0.958 bits per heavy atom. The van der Waals surface area contributed by atoms with E-state index in [1.807, 2.05) is 0 Å². The topological polar surface area (TPSA) is 38.2 Å². The molecule has 4 rings (SSSR count). The maximum absolute atomic E-state index is 13.0. The Kier molecular flexibility index (Phi) is 3.83. The summed E-state index contributed by atoms with van der Waals surface area (Å²) < 4.78 is 18.7. The van der Waals surface area contributed by atoms with E-state index < -0.39 is 0 Å². The zero-order valence-electron chi connectivity index (χ0n) is 13.0. The van der Waals surface area contributed by atoms with Crippen molar-refractivity contribution < 1.29 is 9.13 Å². The molecule has 0 atom stereocenters. The molecule has 1 aliphatic heterocycles. The molecule has 5 heteroatoms. The van der Waals surface area contributed by atoms with Gasteiger partial charge < -0.3 is 9.64 Å². The fourth-order valence-electron chi connectivity index (χ4n) is 2.83. The first kappa shape index (κ1) is 14.6. The van der Waals surface area contributed by atoms with Crippen molar-refractivity contribution in [3.05, 3.63) is 77.7 Å². The van der Waals surface area contributed by atoms with Crippen LogP contribution < -0.4 is 9.64 Å². The van der Waals surface area contributed by atoms with Gasteiger partial charge in [-0.15, -0.1) is 0 Å². The maximum Gasteiger partial charge on any atom is 0.228 e. The van der Waals surface area contributed by atoms with Gasteiger partial charge in [-0.1, -0.05) is 24.3 Å². The van der Waals surface area contributed by atoms with Gasteiger partial charge in [-0.3, -0.25) is 0 Å². The number of ether oxygens (including phenoxy) is 1. The standard InChI is InChI=1S/C19H16FN3O/c20-16-5-7-17(8-6-16)24-18-9-11-21-19(22-18)23-12-10-14-3-1-2-4-15(14)13-23/h1-9,11H,10,12-13H2.